The molecule has 0 atom stereocenters. The summed E-state index contributed by atoms with van der Waals surface area (Å²) in [5.74, 6) is 1.35. The van der Waals surface area contributed by atoms with E-state index in [0.29, 0.717) is 37.9 Å². The van der Waals surface area contributed by atoms with Crippen LogP contribution >= 0.6 is 24.0 Å². The molecular weight excluding hydrogens is 479 g/mol. The van der Waals surface area contributed by atoms with Gasteiger partial charge in [-0.25, -0.2) is 18.4 Å². The van der Waals surface area contributed by atoms with Crippen LogP contribution < -0.4 is 10.6 Å². The largest absolute Gasteiger partial charge is 0.444 e. The van der Waals surface area contributed by atoms with Gasteiger partial charge >= 0.3 is 0 Å². The second-order valence-electron chi connectivity index (χ2n) is 6.12. The Kier molecular flexibility index (Phi) is 9.78. The molecule has 0 aliphatic carbocycles. The third-order valence-corrected chi connectivity index (χ3v) is 4.61. The summed E-state index contributed by atoms with van der Waals surface area (Å²) in [5.41, 5.74) is 2.84. The predicted octanol–water partition coefficient (Wildman–Crippen LogP) is 2.76. The number of sulfone groups is 1. The molecule has 0 aliphatic heterocycles. The fourth-order valence-electron chi connectivity index (χ4n) is 2.25. The Bertz CT molecular complexity index is 833. The number of guanidine groups is 1. The van der Waals surface area contributed by atoms with Gasteiger partial charge in [0.05, 0.1) is 12.3 Å². The molecule has 2 N–H and O–H groups in total. The number of aromatic nitrogens is 1. The van der Waals surface area contributed by atoms with Gasteiger partial charge in [0.25, 0.3) is 0 Å². The molecule has 0 fully saturated rings. The minimum absolute atomic E-state index is 0. The van der Waals surface area contributed by atoms with Crippen molar-refractivity contribution >= 4 is 39.8 Å². The molecule has 0 aliphatic rings. The lowest BCUT2D eigenvalue weighted by Gasteiger charge is -2.10. The van der Waals surface area contributed by atoms with E-state index in [0.717, 1.165) is 11.3 Å². The molecule has 0 saturated heterocycles. The Labute approximate surface area is 178 Å². The van der Waals surface area contributed by atoms with Crippen LogP contribution in [0.15, 0.2) is 39.9 Å². The van der Waals surface area contributed by atoms with E-state index >= 15 is 0 Å². The Morgan fingerprint density at radius 3 is 2.56 bits per heavy atom. The Hall–Kier alpha value is -1.62. The van der Waals surface area contributed by atoms with Crippen LogP contribution in [0.3, 0.4) is 0 Å². The van der Waals surface area contributed by atoms with E-state index in [1.54, 1.807) is 6.26 Å². The quantitative estimate of drug-likeness (QED) is 0.248. The van der Waals surface area contributed by atoms with Crippen molar-refractivity contribution in [3.63, 3.8) is 0 Å². The number of benzene rings is 1. The van der Waals surface area contributed by atoms with Crippen molar-refractivity contribution in [1.29, 1.82) is 0 Å². The first-order valence-electron chi connectivity index (χ1n) is 8.58. The molecule has 2 rings (SSSR count). The molecule has 0 saturated carbocycles. The zero-order chi connectivity index (χ0) is 19.0. The van der Waals surface area contributed by atoms with Gasteiger partial charge in [0.2, 0.25) is 5.89 Å². The topological polar surface area (TPSA) is 96.6 Å². The molecule has 0 spiro atoms. The van der Waals surface area contributed by atoms with E-state index in [1.807, 2.05) is 38.1 Å². The lowest BCUT2D eigenvalue weighted by molar-refractivity contribution is 0.572. The van der Waals surface area contributed by atoms with Crippen LogP contribution in [0.2, 0.25) is 0 Å². The maximum Gasteiger partial charge on any atom is 0.226 e. The number of nitrogens with zero attached hydrogens (tertiary/aromatic N) is 2. The first-order valence-corrected chi connectivity index (χ1v) is 10.6. The third kappa shape index (κ3) is 8.74. The van der Waals surface area contributed by atoms with Gasteiger partial charge in [-0.3, -0.25) is 0 Å². The summed E-state index contributed by atoms with van der Waals surface area (Å²) in [6.45, 7) is 5.62. The van der Waals surface area contributed by atoms with Crippen LogP contribution in [0, 0.1) is 6.92 Å². The monoisotopic (exact) mass is 506 g/mol. The SMILES string of the molecule is CCNC(=NCc1coc(-c2ccc(C)cc2)n1)NCCCS(C)(=O)=O.I. The summed E-state index contributed by atoms with van der Waals surface area (Å²) in [6, 6.07) is 7.98. The molecule has 0 amide bonds. The van der Waals surface area contributed by atoms with Gasteiger partial charge < -0.3 is 15.1 Å². The first-order chi connectivity index (χ1) is 12.4. The molecule has 27 heavy (non-hydrogen) atoms. The fraction of sp³-hybridized carbons (Fsp3) is 0.444. The second-order valence-corrected chi connectivity index (χ2v) is 8.38. The highest BCUT2D eigenvalue weighted by molar-refractivity contribution is 14.0. The summed E-state index contributed by atoms with van der Waals surface area (Å²) in [5, 5.41) is 6.25. The normalized spacial score (nSPS) is 11.7. The van der Waals surface area contributed by atoms with Crippen molar-refractivity contribution in [3.05, 3.63) is 41.8 Å². The predicted molar refractivity (Wildman–Crippen MR) is 119 cm³/mol. The van der Waals surface area contributed by atoms with Gasteiger partial charge in [-0.1, -0.05) is 17.7 Å². The minimum atomic E-state index is -2.94. The molecule has 1 aromatic heterocycles. The van der Waals surface area contributed by atoms with Crippen LogP contribution in [0.4, 0.5) is 0 Å². The van der Waals surface area contributed by atoms with Gasteiger partial charge in [-0.05, 0) is 32.4 Å². The molecule has 9 heteroatoms. The van der Waals surface area contributed by atoms with Crippen molar-refractivity contribution in [2.75, 3.05) is 25.1 Å². The maximum atomic E-state index is 11.2. The van der Waals surface area contributed by atoms with Crippen molar-refractivity contribution in [3.8, 4) is 11.5 Å². The summed E-state index contributed by atoms with van der Waals surface area (Å²) >= 11 is 0. The van der Waals surface area contributed by atoms with Gasteiger partial charge in [0, 0.05) is 24.9 Å². The number of hydrogen-bond acceptors (Lipinski definition) is 5. The number of hydrogen-bond donors (Lipinski definition) is 2. The number of nitrogens with one attached hydrogen (secondary N) is 2. The Balaban J connectivity index is 0.00000364. The van der Waals surface area contributed by atoms with E-state index < -0.39 is 9.84 Å². The highest BCUT2D eigenvalue weighted by Gasteiger charge is 2.07. The molecule has 0 unspecified atom stereocenters. The zero-order valence-corrected chi connectivity index (χ0v) is 19.0. The van der Waals surface area contributed by atoms with Gasteiger partial charge in [-0.2, -0.15) is 0 Å². The Morgan fingerprint density at radius 2 is 1.93 bits per heavy atom. The lowest BCUT2D eigenvalue weighted by atomic mass is 10.1. The summed E-state index contributed by atoms with van der Waals surface area (Å²) in [4.78, 5) is 8.92. The number of rotatable bonds is 8. The van der Waals surface area contributed by atoms with Crippen LogP contribution in [0.5, 0.6) is 0 Å². The van der Waals surface area contributed by atoms with E-state index in [9.17, 15) is 8.42 Å². The smallest absolute Gasteiger partial charge is 0.226 e. The third-order valence-electron chi connectivity index (χ3n) is 3.58. The van der Waals surface area contributed by atoms with Crippen LogP contribution in [-0.4, -0.2) is 44.5 Å². The van der Waals surface area contributed by atoms with E-state index in [-0.39, 0.29) is 29.7 Å². The average molecular weight is 506 g/mol. The van der Waals surface area contributed by atoms with Gasteiger partial charge in [0.1, 0.15) is 21.8 Å². The lowest BCUT2D eigenvalue weighted by Crippen LogP contribution is -2.38. The van der Waals surface area contributed by atoms with Crippen LogP contribution in [0.1, 0.15) is 24.6 Å². The van der Waals surface area contributed by atoms with E-state index in [1.165, 1.54) is 11.8 Å². The second kappa shape index (κ2) is 11.3. The molecular formula is C18H27IN4O3S. The van der Waals surface area contributed by atoms with Crippen LogP contribution in [-0.2, 0) is 16.4 Å². The van der Waals surface area contributed by atoms with Crippen molar-refractivity contribution in [1.82, 2.24) is 15.6 Å². The molecule has 1 heterocycles. The molecule has 1 aromatic carbocycles. The number of aryl methyl sites for hydroxylation is 1. The van der Waals surface area contributed by atoms with Crippen LogP contribution in [0.25, 0.3) is 11.5 Å². The zero-order valence-electron chi connectivity index (χ0n) is 15.9. The molecule has 0 radical (unpaired) electrons. The number of aliphatic imine (C=N–C) groups is 1. The van der Waals surface area contributed by atoms with E-state index in [4.69, 9.17) is 4.42 Å². The van der Waals surface area contributed by atoms with Gasteiger partial charge in [-0.15, -0.1) is 24.0 Å². The summed E-state index contributed by atoms with van der Waals surface area (Å²) in [6.07, 6.45) is 3.37. The molecule has 150 valence electrons. The van der Waals surface area contributed by atoms with Gasteiger partial charge in [0.15, 0.2) is 5.96 Å². The first kappa shape index (κ1) is 23.4. The molecule has 7 nitrogen and oxygen atoms in total. The van der Waals surface area contributed by atoms with Crippen molar-refractivity contribution in [2.24, 2.45) is 4.99 Å². The molecule has 2 aromatic rings. The fourth-order valence-corrected chi connectivity index (χ4v) is 2.92. The maximum absolute atomic E-state index is 11.2. The van der Waals surface area contributed by atoms with E-state index in [2.05, 4.69) is 20.6 Å². The highest BCUT2D eigenvalue weighted by Crippen LogP contribution is 2.19. The van der Waals surface area contributed by atoms with Crippen molar-refractivity contribution < 1.29 is 12.8 Å². The number of oxazole rings is 1. The average Bonchev–Trinajstić information content (AvgIpc) is 3.05. The molecule has 0 bridgehead atoms. The minimum Gasteiger partial charge on any atom is -0.444 e. The number of halogens is 1. The summed E-state index contributed by atoms with van der Waals surface area (Å²) in [7, 11) is -2.94. The van der Waals surface area contributed by atoms with Crippen molar-refractivity contribution in [2.45, 2.75) is 26.8 Å². The standard InChI is InChI=1S/C18H26N4O3S.HI/c1-4-19-18(20-10-5-11-26(3,23)24)21-12-16-13-25-17(22-16)15-8-6-14(2)7-9-15;/h6-9,13H,4-5,10-12H2,1-3H3,(H2,19,20,21);1H. The highest BCUT2D eigenvalue weighted by atomic mass is 127. The Morgan fingerprint density at radius 1 is 1.22 bits per heavy atom. The summed E-state index contributed by atoms with van der Waals surface area (Å²) < 4.78 is 27.8.